The predicted molar refractivity (Wildman–Crippen MR) is 127 cm³/mol. The molecule has 0 spiro atoms. The van der Waals surface area contributed by atoms with Crippen molar-refractivity contribution in [3.05, 3.63) is 93.9 Å². The van der Waals surface area contributed by atoms with E-state index in [-0.39, 0.29) is 11.7 Å². The molecule has 0 bridgehead atoms. The standard InChI is InChI=1S/C28H24N2O3/c31-23-15-21-13-18(6-8-26(21)29-16-23)5-7-19-10-12-33-27(19)28(32)30-11-9-25-22(17-30)14-20-3-1-2-4-24(20)25/h1-4,6,8,10,12-13,16H,5,7,9,11,14-15,17H2. The predicted octanol–water partition coefficient (Wildman–Crippen LogP) is 4.75. The number of fused-ring (bicyclic) bond motifs is 3. The Morgan fingerprint density at radius 2 is 1.94 bits per heavy atom. The number of furan rings is 1. The van der Waals surface area contributed by atoms with Gasteiger partial charge < -0.3 is 9.32 Å². The molecule has 2 aliphatic heterocycles. The molecule has 3 aromatic rings. The van der Waals surface area contributed by atoms with E-state index in [1.54, 1.807) is 6.26 Å². The number of Topliss-reactive ketones (excluding diaryl/α,β-unsaturated/α-hetero) is 1. The van der Waals surface area contributed by atoms with Crippen molar-refractivity contribution in [2.75, 3.05) is 13.1 Å². The Bertz CT molecular complexity index is 1340. The Balaban J connectivity index is 1.15. The van der Waals surface area contributed by atoms with Gasteiger partial charge in [0.15, 0.2) is 11.5 Å². The number of carbonyl (C=O) groups excluding carboxylic acids is 2. The van der Waals surface area contributed by atoms with Gasteiger partial charge in [-0.25, -0.2) is 0 Å². The normalized spacial score (nSPS) is 16.6. The fraction of sp³-hybridized carbons (Fsp3) is 0.250. The number of hydrogen-bond donors (Lipinski definition) is 0. The molecule has 0 N–H and O–H groups in total. The molecule has 3 heterocycles. The first kappa shape index (κ1) is 19.9. The summed E-state index contributed by atoms with van der Waals surface area (Å²) in [7, 11) is 0. The second kappa shape index (κ2) is 8.00. The van der Waals surface area contributed by atoms with Crippen LogP contribution in [0.3, 0.4) is 0 Å². The first-order valence-corrected chi connectivity index (χ1v) is 11.5. The lowest BCUT2D eigenvalue weighted by atomic mass is 9.97. The number of hydrogen-bond acceptors (Lipinski definition) is 4. The highest BCUT2D eigenvalue weighted by molar-refractivity contribution is 6.29. The topological polar surface area (TPSA) is 62.9 Å². The number of ketones is 1. The molecule has 0 unspecified atom stereocenters. The van der Waals surface area contributed by atoms with Crippen molar-refractivity contribution < 1.29 is 14.0 Å². The van der Waals surface area contributed by atoms with Crippen molar-refractivity contribution in [1.82, 2.24) is 4.90 Å². The van der Waals surface area contributed by atoms with Gasteiger partial charge in [0, 0.05) is 25.1 Å². The van der Waals surface area contributed by atoms with Gasteiger partial charge in [-0.15, -0.1) is 0 Å². The van der Waals surface area contributed by atoms with Crippen molar-refractivity contribution in [3.63, 3.8) is 0 Å². The molecule has 5 heteroatoms. The van der Waals surface area contributed by atoms with E-state index in [9.17, 15) is 9.59 Å². The average Bonchev–Trinajstić information content (AvgIpc) is 3.46. The van der Waals surface area contributed by atoms with E-state index in [0.717, 1.165) is 41.6 Å². The molecule has 3 aliphatic rings. The van der Waals surface area contributed by atoms with Crippen LogP contribution in [-0.4, -0.2) is 35.9 Å². The molecular weight excluding hydrogens is 412 g/mol. The fourth-order valence-electron chi connectivity index (χ4n) is 5.27. The summed E-state index contributed by atoms with van der Waals surface area (Å²) in [5.41, 5.74) is 9.41. The van der Waals surface area contributed by atoms with Crippen LogP contribution in [-0.2, 0) is 30.5 Å². The Labute approximate surface area is 192 Å². The first-order chi connectivity index (χ1) is 16.2. The summed E-state index contributed by atoms with van der Waals surface area (Å²) in [6.45, 7) is 1.38. The largest absolute Gasteiger partial charge is 0.459 e. The van der Waals surface area contributed by atoms with Crippen LogP contribution >= 0.6 is 0 Å². The SMILES string of the molecule is O=C1C=Nc2ccc(CCc3ccoc3C(=O)N3CCC4=C(Cc5ccccc54)C3)cc2C1. The molecule has 0 fully saturated rings. The van der Waals surface area contributed by atoms with Gasteiger partial charge >= 0.3 is 0 Å². The summed E-state index contributed by atoms with van der Waals surface area (Å²) >= 11 is 0. The number of carbonyl (C=O) groups is 2. The summed E-state index contributed by atoms with van der Waals surface area (Å²) in [6, 6.07) is 16.5. The van der Waals surface area contributed by atoms with Gasteiger partial charge in [-0.2, -0.15) is 0 Å². The van der Waals surface area contributed by atoms with Crippen LogP contribution in [0, 0.1) is 0 Å². The van der Waals surface area contributed by atoms with Gasteiger partial charge in [-0.1, -0.05) is 36.4 Å². The van der Waals surface area contributed by atoms with E-state index in [2.05, 4.69) is 35.3 Å². The second-order valence-corrected chi connectivity index (χ2v) is 9.03. The van der Waals surface area contributed by atoms with Crippen molar-refractivity contribution in [2.45, 2.75) is 32.1 Å². The Hall–Kier alpha value is -3.73. The molecule has 1 aliphatic carbocycles. The average molecular weight is 437 g/mol. The van der Waals surface area contributed by atoms with Crippen LogP contribution in [0.5, 0.6) is 0 Å². The molecule has 1 amide bonds. The maximum absolute atomic E-state index is 13.3. The molecule has 0 atom stereocenters. The van der Waals surface area contributed by atoms with Crippen molar-refractivity contribution >= 4 is 29.2 Å². The molecule has 5 nitrogen and oxygen atoms in total. The number of amides is 1. The minimum Gasteiger partial charge on any atom is -0.459 e. The monoisotopic (exact) mass is 436 g/mol. The molecule has 1 aromatic heterocycles. The van der Waals surface area contributed by atoms with Gasteiger partial charge in [0.05, 0.1) is 18.2 Å². The summed E-state index contributed by atoms with van der Waals surface area (Å²) in [5, 5.41) is 0. The smallest absolute Gasteiger partial charge is 0.290 e. The third kappa shape index (κ3) is 3.63. The molecular formula is C28H24N2O3. The Morgan fingerprint density at radius 3 is 2.88 bits per heavy atom. The first-order valence-electron chi connectivity index (χ1n) is 11.5. The van der Waals surface area contributed by atoms with Gasteiger partial charge in [0.2, 0.25) is 0 Å². The fourth-order valence-corrected chi connectivity index (χ4v) is 5.27. The van der Waals surface area contributed by atoms with Crippen molar-refractivity contribution in [2.24, 2.45) is 4.99 Å². The van der Waals surface area contributed by atoms with Gasteiger partial charge in [-0.3, -0.25) is 14.6 Å². The van der Waals surface area contributed by atoms with Crippen LogP contribution in [0.1, 0.15) is 44.8 Å². The maximum Gasteiger partial charge on any atom is 0.290 e. The highest BCUT2D eigenvalue weighted by atomic mass is 16.3. The molecule has 33 heavy (non-hydrogen) atoms. The number of benzene rings is 2. The lowest BCUT2D eigenvalue weighted by molar-refractivity contribution is -0.112. The van der Waals surface area contributed by atoms with E-state index in [1.165, 1.54) is 28.5 Å². The lowest BCUT2D eigenvalue weighted by Gasteiger charge is -2.28. The van der Waals surface area contributed by atoms with Crippen molar-refractivity contribution in [1.29, 1.82) is 0 Å². The molecule has 164 valence electrons. The van der Waals surface area contributed by atoms with Gasteiger partial charge in [-0.05, 0) is 71.2 Å². The zero-order valence-corrected chi connectivity index (χ0v) is 18.3. The molecule has 0 saturated carbocycles. The molecule has 0 radical (unpaired) electrons. The maximum atomic E-state index is 13.3. The Morgan fingerprint density at radius 1 is 1.03 bits per heavy atom. The van der Waals surface area contributed by atoms with E-state index in [0.29, 0.717) is 31.7 Å². The zero-order chi connectivity index (χ0) is 22.4. The number of aliphatic imine (C=N–C) groups is 1. The zero-order valence-electron chi connectivity index (χ0n) is 18.3. The van der Waals surface area contributed by atoms with Crippen molar-refractivity contribution in [3.8, 4) is 0 Å². The van der Waals surface area contributed by atoms with Gasteiger partial charge in [0.25, 0.3) is 5.91 Å². The van der Waals surface area contributed by atoms with Crippen LogP contribution in [0.15, 0.2) is 69.8 Å². The molecule has 2 aromatic carbocycles. The molecule has 6 rings (SSSR count). The van der Waals surface area contributed by atoms with E-state index in [4.69, 9.17) is 4.42 Å². The van der Waals surface area contributed by atoms with E-state index >= 15 is 0 Å². The third-order valence-corrected chi connectivity index (χ3v) is 6.95. The summed E-state index contributed by atoms with van der Waals surface area (Å²) in [5.74, 6) is 0.461. The van der Waals surface area contributed by atoms with E-state index in [1.807, 2.05) is 23.1 Å². The van der Waals surface area contributed by atoms with Crippen LogP contribution in [0.2, 0.25) is 0 Å². The minimum absolute atomic E-state index is 0.0251. The van der Waals surface area contributed by atoms with E-state index < -0.39 is 0 Å². The number of nitrogens with zero attached hydrogens (tertiary/aromatic N) is 2. The molecule has 0 saturated heterocycles. The quantitative estimate of drug-likeness (QED) is 0.593. The van der Waals surface area contributed by atoms with Crippen LogP contribution in [0.25, 0.3) is 5.57 Å². The summed E-state index contributed by atoms with van der Waals surface area (Å²) in [4.78, 5) is 31.1. The highest BCUT2D eigenvalue weighted by Crippen LogP contribution is 2.38. The van der Waals surface area contributed by atoms with Crippen LogP contribution < -0.4 is 0 Å². The van der Waals surface area contributed by atoms with Crippen LogP contribution in [0.4, 0.5) is 5.69 Å². The minimum atomic E-state index is -0.0251. The summed E-state index contributed by atoms with van der Waals surface area (Å²) < 4.78 is 5.67. The Kier molecular flexibility index (Phi) is 4.83. The highest BCUT2D eigenvalue weighted by Gasteiger charge is 2.31. The second-order valence-electron chi connectivity index (χ2n) is 9.03. The van der Waals surface area contributed by atoms with Gasteiger partial charge in [0.1, 0.15) is 0 Å². The number of rotatable bonds is 4. The number of aryl methyl sites for hydroxylation is 2. The third-order valence-electron chi connectivity index (χ3n) is 6.95. The summed E-state index contributed by atoms with van der Waals surface area (Å²) in [6.07, 6.45) is 6.73. The lowest BCUT2D eigenvalue weighted by Crippen LogP contribution is -2.36.